The zero-order valence-electron chi connectivity index (χ0n) is 9.78. The highest BCUT2D eigenvalue weighted by molar-refractivity contribution is 7.16. The van der Waals surface area contributed by atoms with Crippen molar-refractivity contribution in [2.75, 3.05) is 32.6 Å². The lowest BCUT2D eigenvalue weighted by atomic mass is 10.1. The van der Waals surface area contributed by atoms with Crippen LogP contribution in [0.1, 0.15) is 24.1 Å². The lowest BCUT2D eigenvalue weighted by Gasteiger charge is -2.08. The van der Waals surface area contributed by atoms with Gasteiger partial charge in [-0.05, 0) is 18.9 Å². The molecule has 1 aromatic rings. The molecule has 0 aliphatic rings. The second-order valence-corrected chi connectivity index (χ2v) is 4.75. The van der Waals surface area contributed by atoms with Gasteiger partial charge < -0.3 is 15.4 Å². The minimum absolute atomic E-state index is 0.413. The van der Waals surface area contributed by atoms with Gasteiger partial charge in [0.15, 0.2) is 5.13 Å². The monoisotopic (exact) mass is 229 g/mol. The molecule has 0 aromatic carbocycles. The molecule has 5 heteroatoms. The molecular formula is C10H19N3OS. The number of hydrogen-bond donors (Lipinski definition) is 1. The van der Waals surface area contributed by atoms with Crippen molar-refractivity contribution >= 4 is 16.5 Å². The van der Waals surface area contributed by atoms with Gasteiger partial charge in [0.2, 0.25) is 5.88 Å². The fourth-order valence-corrected chi connectivity index (χ4v) is 2.38. The molecule has 0 amide bonds. The molecule has 0 radical (unpaired) electrons. The summed E-state index contributed by atoms with van der Waals surface area (Å²) in [5.41, 5.74) is 5.56. The first-order chi connectivity index (χ1) is 7.10. The first-order valence-electron chi connectivity index (χ1n) is 5.02. The van der Waals surface area contributed by atoms with Gasteiger partial charge in [0, 0.05) is 14.1 Å². The molecule has 1 aromatic heterocycles. The lowest BCUT2D eigenvalue weighted by Crippen LogP contribution is -2.07. The number of nitrogens with zero attached hydrogens (tertiary/aromatic N) is 2. The summed E-state index contributed by atoms with van der Waals surface area (Å²) >= 11 is 1.67. The number of rotatable bonds is 5. The Hall–Kier alpha value is -0.810. The number of ether oxygens (including phenoxy) is 1. The number of methoxy groups -OCH3 is 1. The molecule has 1 atom stereocenters. The third-order valence-electron chi connectivity index (χ3n) is 2.23. The van der Waals surface area contributed by atoms with Gasteiger partial charge in [-0.25, -0.2) is 0 Å². The summed E-state index contributed by atoms with van der Waals surface area (Å²) in [5, 5.41) is 0.978. The number of nitrogens with two attached hydrogens (primary N) is 1. The van der Waals surface area contributed by atoms with Crippen molar-refractivity contribution in [3.63, 3.8) is 0 Å². The maximum atomic E-state index is 5.56. The Bertz CT molecular complexity index is 312. The van der Waals surface area contributed by atoms with Crippen LogP contribution in [-0.4, -0.2) is 32.7 Å². The van der Waals surface area contributed by atoms with E-state index < -0.39 is 0 Å². The highest BCUT2D eigenvalue weighted by Crippen LogP contribution is 2.37. The SMILES string of the molecule is COc1nc(N(C)C)sc1C(C)CCN. The molecule has 0 spiro atoms. The molecule has 0 fully saturated rings. The van der Waals surface area contributed by atoms with Gasteiger partial charge in [0.1, 0.15) is 0 Å². The predicted molar refractivity (Wildman–Crippen MR) is 65.1 cm³/mol. The summed E-state index contributed by atoms with van der Waals surface area (Å²) in [4.78, 5) is 7.59. The average molecular weight is 229 g/mol. The van der Waals surface area contributed by atoms with Crippen molar-refractivity contribution < 1.29 is 4.74 Å². The largest absolute Gasteiger partial charge is 0.480 e. The molecule has 0 bridgehead atoms. The number of aromatic nitrogens is 1. The van der Waals surface area contributed by atoms with Crippen LogP contribution in [0.2, 0.25) is 0 Å². The average Bonchev–Trinajstić information content (AvgIpc) is 2.61. The van der Waals surface area contributed by atoms with E-state index >= 15 is 0 Å². The van der Waals surface area contributed by atoms with E-state index in [0.29, 0.717) is 12.5 Å². The van der Waals surface area contributed by atoms with E-state index in [1.54, 1.807) is 18.4 Å². The van der Waals surface area contributed by atoms with Gasteiger partial charge in [-0.3, -0.25) is 0 Å². The summed E-state index contributed by atoms with van der Waals surface area (Å²) < 4.78 is 5.28. The van der Waals surface area contributed by atoms with Gasteiger partial charge in [0.25, 0.3) is 0 Å². The Morgan fingerprint density at radius 1 is 1.53 bits per heavy atom. The van der Waals surface area contributed by atoms with Crippen LogP contribution in [0.4, 0.5) is 5.13 Å². The third kappa shape index (κ3) is 2.82. The van der Waals surface area contributed by atoms with Crippen LogP contribution in [0.3, 0.4) is 0 Å². The smallest absolute Gasteiger partial charge is 0.229 e. The maximum Gasteiger partial charge on any atom is 0.229 e. The summed E-state index contributed by atoms with van der Waals surface area (Å²) in [6.45, 7) is 2.85. The molecule has 15 heavy (non-hydrogen) atoms. The van der Waals surface area contributed by atoms with Crippen LogP contribution in [0.25, 0.3) is 0 Å². The Morgan fingerprint density at radius 2 is 2.20 bits per heavy atom. The quantitative estimate of drug-likeness (QED) is 0.834. The van der Waals surface area contributed by atoms with Crippen LogP contribution < -0.4 is 15.4 Å². The Balaban J connectivity index is 2.94. The van der Waals surface area contributed by atoms with E-state index in [-0.39, 0.29) is 0 Å². The van der Waals surface area contributed by atoms with Crippen LogP contribution in [0, 0.1) is 0 Å². The van der Waals surface area contributed by atoms with Gasteiger partial charge >= 0.3 is 0 Å². The van der Waals surface area contributed by atoms with Gasteiger partial charge in [-0.1, -0.05) is 18.3 Å². The van der Waals surface area contributed by atoms with Crippen molar-refractivity contribution in [3.05, 3.63) is 4.88 Å². The van der Waals surface area contributed by atoms with Crippen molar-refractivity contribution in [1.29, 1.82) is 0 Å². The molecule has 1 rings (SSSR count). The van der Waals surface area contributed by atoms with E-state index in [2.05, 4.69) is 11.9 Å². The van der Waals surface area contributed by atoms with E-state index in [0.717, 1.165) is 17.4 Å². The number of anilines is 1. The molecule has 0 aliphatic heterocycles. The molecule has 1 unspecified atom stereocenters. The van der Waals surface area contributed by atoms with E-state index in [4.69, 9.17) is 10.5 Å². The highest BCUT2D eigenvalue weighted by Gasteiger charge is 2.17. The van der Waals surface area contributed by atoms with Gasteiger partial charge in [-0.2, -0.15) is 4.98 Å². The molecule has 0 saturated carbocycles. The zero-order chi connectivity index (χ0) is 11.4. The lowest BCUT2D eigenvalue weighted by molar-refractivity contribution is 0.393. The second-order valence-electron chi connectivity index (χ2n) is 3.74. The van der Waals surface area contributed by atoms with Crippen molar-refractivity contribution in [1.82, 2.24) is 4.98 Å². The fraction of sp³-hybridized carbons (Fsp3) is 0.700. The fourth-order valence-electron chi connectivity index (χ4n) is 1.34. The van der Waals surface area contributed by atoms with Crippen molar-refractivity contribution in [2.24, 2.45) is 5.73 Å². The molecule has 1 heterocycles. The minimum atomic E-state index is 0.413. The molecule has 86 valence electrons. The summed E-state index contributed by atoms with van der Waals surface area (Å²) in [6.07, 6.45) is 0.964. The van der Waals surface area contributed by atoms with E-state index in [1.165, 1.54) is 4.88 Å². The van der Waals surface area contributed by atoms with E-state index in [9.17, 15) is 0 Å². The zero-order valence-corrected chi connectivity index (χ0v) is 10.6. The summed E-state index contributed by atoms with van der Waals surface area (Å²) in [6, 6.07) is 0. The van der Waals surface area contributed by atoms with E-state index in [1.807, 2.05) is 19.0 Å². The molecule has 0 aliphatic carbocycles. The summed E-state index contributed by atoms with van der Waals surface area (Å²) in [7, 11) is 5.62. The normalized spacial score (nSPS) is 12.6. The Morgan fingerprint density at radius 3 is 2.67 bits per heavy atom. The van der Waals surface area contributed by atoms with Crippen molar-refractivity contribution in [3.8, 4) is 5.88 Å². The third-order valence-corrected chi connectivity index (χ3v) is 3.67. The van der Waals surface area contributed by atoms with Crippen LogP contribution in [-0.2, 0) is 0 Å². The van der Waals surface area contributed by atoms with Crippen molar-refractivity contribution in [2.45, 2.75) is 19.3 Å². The number of thiazole rings is 1. The van der Waals surface area contributed by atoms with Crippen LogP contribution in [0.15, 0.2) is 0 Å². The highest BCUT2D eigenvalue weighted by atomic mass is 32.1. The molecule has 4 nitrogen and oxygen atoms in total. The molecular weight excluding hydrogens is 210 g/mol. The Kier molecular flexibility index (Phi) is 4.35. The Labute approximate surface area is 95.1 Å². The molecule has 0 saturated heterocycles. The van der Waals surface area contributed by atoms with Crippen LogP contribution >= 0.6 is 11.3 Å². The number of hydrogen-bond acceptors (Lipinski definition) is 5. The van der Waals surface area contributed by atoms with Gasteiger partial charge in [0.05, 0.1) is 12.0 Å². The van der Waals surface area contributed by atoms with Crippen LogP contribution in [0.5, 0.6) is 5.88 Å². The van der Waals surface area contributed by atoms with Gasteiger partial charge in [-0.15, -0.1) is 0 Å². The molecule has 2 N–H and O–H groups in total. The predicted octanol–water partition coefficient (Wildman–Crippen LogP) is 1.67. The standard InChI is InChI=1S/C10H19N3OS/c1-7(5-6-11)8-9(14-4)12-10(15-8)13(2)3/h7H,5-6,11H2,1-4H3. The first kappa shape index (κ1) is 12.3. The first-order valence-corrected chi connectivity index (χ1v) is 5.83. The second kappa shape index (κ2) is 5.32. The summed E-state index contributed by atoms with van der Waals surface area (Å²) in [5.74, 6) is 1.15. The maximum absolute atomic E-state index is 5.56. The topological polar surface area (TPSA) is 51.4 Å². The minimum Gasteiger partial charge on any atom is -0.480 e.